The molecule has 3 rings (SSSR count). The number of nitrogens with one attached hydrogen (secondary N) is 1. The first-order valence-corrected chi connectivity index (χ1v) is 8.41. The zero-order valence-electron chi connectivity index (χ0n) is 14.3. The van der Waals surface area contributed by atoms with Crippen LogP contribution in [0.5, 0.6) is 5.75 Å². The van der Waals surface area contributed by atoms with Crippen LogP contribution in [0.1, 0.15) is 35.7 Å². The number of carbonyl (C=O) groups is 1. The summed E-state index contributed by atoms with van der Waals surface area (Å²) in [5.74, 6) is 0.667. The van der Waals surface area contributed by atoms with E-state index in [1.807, 2.05) is 0 Å². The Balaban J connectivity index is 1.54. The SMILES string of the molecule is COc1ccc(CC(=O)NCCn2nc(C(F)(F)F)cc2C2CC2)cc1. The third-order valence-corrected chi connectivity index (χ3v) is 4.27. The van der Waals surface area contributed by atoms with Crippen LogP contribution in [0.4, 0.5) is 13.2 Å². The summed E-state index contributed by atoms with van der Waals surface area (Å²) in [5.41, 5.74) is 0.561. The van der Waals surface area contributed by atoms with Crippen molar-refractivity contribution in [3.8, 4) is 5.75 Å². The molecule has 140 valence electrons. The van der Waals surface area contributed by atoms with E-state index in [2.05, 4.69) is 10.4 Å². The molecule has 1 amide bonds. The van der Waals surface area contributed by atoms with Crippen molar-refractivity contribution in [3.05, 3.63) is 47.3 Å². The summed E-state index contributed by atoms with van der Waals surface area (Å²) in [6.07, 6.45) is -2.49. The van der Waals surface area contributed by atoms with E-state index in [1.54, 1.807) is 31.4 Å². The van der Waals surface area contributed by atoms with Crippen LogP contribution in [0.25, 0.3) is 0 Å². The first kappa shape index (κ1) is 18.3. The zero-order valence-corrected chi connectivity index (χ0v) is 14.3. The standard InChI is InChI=1S/C18H20F3N3O2/c1-26-14-6-2-12(3-7-14)10-17(25)22-8-9-24-15(13-4-5-13)11-16(23-24)18(19,20)21/h2-3,6-7,11,13H,4-5,8-10H2,1H3,(H,22,25). The Kier molecular flexibility index (Phi) is 5.20. The van der Waals surface area contributed by atoms with E-state index >= 15 is 0 Å². The van der Waals surface area contributed by atoms with Crippen molar-refractivity contribution in [2.24, 2.45) is 0 Å². The molecule has 1 aliphatic carbocycles. The second-order valence-electron chi connectivity index (χ2n) is 6.32. The maximum absolute atomic E-state index is 12.9. The summed E-state index contributed by atoms with van der Waals surface area (Å²) in [7, 11) is 1.57. The van der Waals surface area contributed by atoms with Gasteiger partial charge in [-0.1, -0.05) is 12.1 Å². The molecule has 1 fully saturated rings. The number of hydrogen-bond donors (Lipinski definition) is 1. The van der Waals surface area contributed by atoms with Crippen molar-refractivity contribution < 1.29 is 22.7 Å². The fourth-order valence-corrected chi connectivity index (χ4v) is 2.75. The van der Waals surface area contributed by atoms with E-state index in [0.29, 0.717) is 11.4 Å². The number of alkyl halides is 3. The van der Waals surface area contributed by atoms with Gasteiger partial charge in [-0.05, 0) is 36.6 Å². The third-order valence-electron chi connectivity index (χ3n) is 4.27. The predicted molar refractivity (Wildman–Crippen MR) is 88.9 cm³/mol. The van der Waals surface area contributed by atoms with Gasteiger partial charge in [0.15, 0.2) is 5.69 Å². The van der Waals surface area contributed by atoms with E-state index in [0.717, 1.165) is 24.5 Å². The highest BCUT2D eigenvalue weighted by Crippen LogP contribution is 2.42. The Morgan fingerprint density at radius 1 is 1.31 bits per heavy atom. The largest absolute Gasteiger partial charge is 0.497 e. The molecule has 8 heteroatoms. The Morgan fingerprint density at radius 2 is 2.00 bits per heavy atom. The molecule has 2 aromatic rings. The van der Waals surface area contributed by atoms with Crippen LogP contribution in [0.15, 0.2) is 30.3 Å². The molecule has 1 saturated carbocycles. The summed E-state index contributed by atoms with van der Waals surface area (Å²) in [6, 6.07) is 8.26. The fraction of sp³-hybridized carbons (Fsp3) is 0.444. The molecular weight excluding hydrogens is 347 g/mol. The molecule has 26 heavy (non-hydrogen) atoms. The molecule has 0 radical (unpaired) electrons. The maximum Gasteiger partial charge on any atom is 0.435 e. The van der Waals surface area contributed by atoms with Gasteiger partial charge >= 0.3 is 6.18 Å². The zero-order chi connectivity index (χ0) is 18.7. The lowest BCUT2D eigenvalue weighted by molar-refractivity contribution is -0.141. The highest BCUT2D eigenvalue weighted by molar-refractivity contribution is 5.78. The lowest BCUT2D eigenvalue weighted by Crippen LogP contribution is -2.29. The van der Waals surface area contributed by atoms with Gasteiger partial charge in [-0.2, -0.15) is 18.3 Å². The molecule has 0 aliphatic heterocycles. The van der Waals surface area contributed by atoms with Gasteiger partial charge in [0.05, 0.1) is 20.1 Å². The van der Waals surface area contributed by atoms with Crippen molar-refractivity contribution in [3.63, 3.8) is 0 Å². The Labute approximate surface area is 149 Å². The molecule has 0 spiro atoms. The smallest absolute Gasteiger partial charge is 0.435 e. The maximum atomic E-state index is 12.9. The summed E-state index contributed by atoms with van der Waals surface area (Å²) >= 11 is 0. The second-order valence-corrected chi connectivity index (χ2v) is 6.32. The summed E-state index contributed by atoms with van der Waals surface area (Å²) in [4.78, 5) is 12.0. The molecule has 1 aromatic carbocycles. The van der Waals surface area contributed by atoms with E-state index < -0.39 is 11.9 Å². The molecule has 1 aliphatic rings. The van der Waals surface area contributed by atoms with Gasteiger partial charge in [-0.15, -0.1) is 0 Å². The fourth-order valence-electron chi connectivity index (χ4n) is 2.75. The number of nitrogens with zero attached hydrogens (tertiary/aromatic N) is 2. The lowest BCUT2D eigenvalue weighted by atomic mass is 10.1. The number of aromatic nitrogens is 2. The van der Waals surface area contributed by atoms with Crippen LogP contribution in [0.3, 0.4) is 0 Å². The first-order chi connectivity index (χ1) is 12.4. The molecule has 1 N–H and O–H groups in total. The van der Waals surface area contributed by atoms with E-state index in [-0.39, 0.29) is 31.3 Å². The van der Waals surface area contributed by atoms with Gasteiger partial charge in [0.25, 0.3) is 0 Å². The third kappa shape index (κ3) is 4.56. The highest BCUT2D eigenvalue weighted by atomic mass is 19.4. The minimum atomic E-state index is -4.45. The van der Waals surface area contributed by atoms with Crippen LogP contribution in [0.2, 0.25) is 0 Å². The molecule has 0 saturated heterocycles. The number of rotatable bonds is 7. The number of ether oxygens (including phenoxy) is 1. The molecular formula is C18H20F3N3O2. The van der Waals surface area contributed by atoms with Crippen LogP contribution in [0, 0.1) is 0 Å². The number of amides is 1. The molecule has 0 atom stereocenters. The van der Waals surface area contributed by atoms with Gasteiger partial charge < -0.3 is 10.1 Å². The Bertz CT molecular complexity index is 765. The lowest BCUT2D eigenvalue weighted by Gasteiger charge is -2.09. The molecule has 1 heterocycles. The Hall–Kier alpha value is -2.51. The number of halogens is 3. The Morgan fingerprint density at radius 3 is 2.58 bits per heavy atom. The number of hydrogen-bond acceptors (Lipinski definition) is 3. The summed E-state index contributed by atoms with van der Waals surface area (Å²) in [6.45, 7) is 0.448. The highest BCUT2D eigenvalue weighted by Gasteiger charge is 2.37. The molecule has 1 aromatic heterocycles. The average molecular weight is 367 g/mol. The molecule has 0 bridgehead atoms. The van der Waals surface area contributed by atoms with E-state index in [4.69, 9.17) is 4.74 Å². The quantitative estimate of drug-likeness (QED) is 0.818. The van der Waals surface area contributed by atoms with Crippen molar-refractivity contribution >= 4 is 5.91 Å². The van der Waals surface area contributed by atoms with E-state index in [1.165, 1.54) is 4.68 Å². The second kappa shape index (κ2) is 7.39. The molecule has 0 unspecified atom stereocenters. The van der Waals surface area contributed by atoms with Gasteiger partial charge in [0.2, 0.25) is 5.91 Å². The van der Waals surface area contributed by atoms with Gasteiger partial charge in [0.1, 0.15) is 5.75 Å². The minimum absolute atomic E-state index is 0.147. The van der Waals surface area contributed by atoms with Crippen molar-refractivity contribution in [1.82, 2.24) is 15.1 Å². The summed E-state index contributed by atoms with van der Waals surface area (Å²) < 4.78 is 45.0. The predicted octanol–water partition coefficient (Wildman–Crippen LogP) is 3.15. The topological polar surface area (TPSA) is 56.1 Å². The van der Waals surface area contributed by atoms with Gasteiger partial charge in [-0.25, -0.2) is 0 Å². The van der Waals surface area contributed by atoms with Crippen LogP contribution in [-0.2, 0) is 23.9 Å². The molecule has 5 nitrogen and oxygen atoms in total. The monoisotopic (exact) mass is 367 g/mol. The summed E-state index contributed by atoms with van der Waals surface area (Å²) in [5, 5.41) is 6.40. The van der Waals surface area contributed by atoms with Crippen LogP contribution < -0.4 is 10.1 Å². The number of benzene rings is 1. The van der Waals surface area contributed by atoms with Gasteiger partial charge in [-0.3, -0.25) is 9.48 Å². The van der Waals surface area contributed by atoms with E-state index in [9.17, 15) is 18.0 Å². The normalized spacial score (nSPS) is 14.3. The van der Waals surface area contributed by atoms with Crippen LogP contribution in [-0.4, -0.2) is 29.3 Å². The first-order valence-electron chi connectivity index (χ1n) is 8.41. The van der Waals surface area contributed by atoms with Crippen molar-refractivity contribution in [2.75, 3.05) is 13.7 Å². The minimum Gasteiger partial charge on any atom is -0.497 e. The van der Waals surface area contributed by atoms with Gasteiger partial charge in [0, 0.05) is 18.2 Å². The number of methoxy groups -OCH3 is 1. The van der Waals surface area contributed by atoms with Crippen LogP contribution >= 0.6 is 0 Å². The van der Waals surface area contributed by atoms with Crippen molar-refractivity contribution in [1.29, 1.82) is 0 Å². The van der Waals surface area contributed by atoms with Crippen molar-refractivity contribution in [2.45, 2.75) is 37.9 Å². The number of carbonyl (C=O) groups excluding carboxylic acids is 1. The average Bonchev–Trinajstić information content (AvgIpc) is 3.34.